The van der Waals surface area contributed by atoms with Crippen molar-refractivity contribution in [2.45, 2.75) is 18.8 Å². The minimum absolute atomic E-state index is 0.422. The standard InChI is InChI=1S/C21H21NO/c23-15-22-13-11-18(12-14-22)21-19-7-3-1-5-16(19)9-10-17-6-2-4-8-20(17)21/h1-10,15,18,21H,11-14H2. The third-order valence-electron chi connectivity index (χ3n) is 5.30. The van der Waals surface area contributed by atoms with Gasteiger partial charge in [-0.3, -0.25) is 4.79 Å². The number of hydrogen-bond donors (Lipinski definition) is 0. The zero-order chi connectivity index (χ0) is 15.6. The molecule has 2 aromatic rings. The first-order chi connectivity index (χ1) is 11.4. The maximum atomic E-state index is 11.0. The summed E-state index contributed by atoms with van der Waals surface area (Å²) in [5.41, 5.74) is 5.51. The second-order valence-corrected chi connectivity index (χ2v) is 6.55. The Labute approximate surface area is 137 Å². The zero-order valence-corrected chi connectivity index (χ0v) is 13.2. The highest BCUT2D eigenvalue weighted by Crippen LogP contribution is 2.42. The lowest BCUT2D eigenvalue weighted by Crippen LogP contribution is -2.35. The first kappa shape index (κ1) is 14.3. The molecule has 1 aliphatic carbocycles. The van der Waals surface area contributed by atoms with Gasteiger partial charge in [-0.25, -0.2) is 0 Å². The molecule has 23 heavy (non-hydrogen) atoms. The fourth-order valence-electron chi connectivity index (χ4n) is 4.10. The van der Waals surface area contributed by atoms with Crippen LogP contribution in [0.4, 0.5) is 0 Å². The van der Waals surface area contributed by atoms with Crippen molar-refractivity contribution < 1.29 is 4.79 Å². The molecule has 0 spiro atoms. The molecule has 1 amide bonds. The lowest BCUT2D eigenvalue weighted by atomic mass is 9.74. The van der Waals surface area contributed by atoms with Gasteiger partial charge in [-0.1, -0.05) is 60.7 Å². The minimum atomic E-state index is 0.422. The molecule has 0 unspecified atom stereocenters. The van der Waals surface area contributed by atoms with Crippen LogP contribution in [-0.2, 0) is 4.79 Å². The molecular formula is C21H21NO. The zero-order valence-electron chi connectivity index (χ0n) is 13.2. The van der Waals surface area contributed by atoms with E-state index in [1.165, 1.54) is 22.3 Å². The Kier molecular flexibility index (Phi) is 3.74. The first-order valence-corrected chi connectivity index (χ1v) is 8.42. The lowest BCUT2D eigenvalue weighted by molar-refractivity contribution is -0.119. The van der Waals surface area contributed by atoms with Gasteiger partial charge in [-0.2, -0.15) is 0 Å². The van der Waals surface area contributed by atoms with Gasteiger partial charge in [-0.15, -0.1) is 0 Å². The largest absolute Gasteiger partial charge is 0.345 e. The van der Waals surface area contributed by atoms with E-state index >= 15 is 0 Å². The molecule has 2 heteroatoms. The molecule has 2 nitrogen and oxygen atoms in total. The summed E-state index contributed by atoms with van der Waals surface area (Å²) < 4.78 is 0. The van der Waals surface area contributed by atoms with Crippen LogP contribution in [0.15, 0.2) is 48.5 Å². The lowest BCUT2D eigenvalue weighted by Gasteiger charge is -2.35. The normalized spacial score (nSPS) is 18.2. The highest BCUT2D eigenvalue weighted by Gasteiger charge is 2.31. The Morgan fingerprint density at radius 3 is 1.87 bits per heavy atom. The van der Waals surface area contributed by atoms with Gasteiger partial charge in [0.15, 0.2) is 0 Å². The van der Waals surface area contributed by atoms with Crippen molar-refractivity contribution in [3.63, 3.8) is 0 Å². The van der Waals surface area contributed by atoms with Crippen LogP contribution in [0.2, 0.25) is 0 Å². The van der Waals surface area contributed by atoms with Crippen molar-refractivity contribution in [3.8, 4) is 0 Å². The molecule has 0 atom stereocenters. The predicted molar refractivity (Wildman–Crippen MR) is 94.0 cm³/mol. The smallest absolute Gasteiger partial charge is 0.209 e. The number of nitrogens with zero attached hydrogens (tertiary/aromatic N) is 1. The van der Waals surface area contributed by atoms with Gasteiger partial charge in [0.25, 0.3) is 0 Å². The van der Waals surface area contributed by atoms with Crippen LogP contribution in [-0.4, -0.2) is 24.4 Å². The van der Waals surface area contributed by atoms with Crippen LogP contribution in [0, 0.1) is 5.92 Å². The number of amides is 1. The number of benzene rings is 2. The molecule has 0 saturated carbocycles. The molecule has 0 radical (unpaired) electrons. The SMILES string of the molecule is O=CN1CCC(C2c3ccccc3C=Cc3ccccc32)CC1. The van der Waals surface area contributed by atoms with Crippen molar-refractivity contribution in [2.75, 3.05) is 13.1 Å². The molecule has 1 saturated heterocycles. The molecule has 1 aliphatic heterocycles. The molecule has 2 aromatic carbocycles. The van der Waals surface area contributed by atoms with Crippen molar-refractivity contribution in [1.82, 2.24) is 4.90 Å². The van der Waals surface area contributed by atoms with Gasteiger partial charge in [0.05, 0.1) is 0 Å². The molecule has 1 heterocycles. The highest BCUT2D eigenvalue weighted by atomic mass is 16.1. The second kappa shape index (κ2) is 6.04. The average molecular weight is 303 g/mol. The summed E-state index contributed by atoms with van der Waals surface area (Å²) in [5.74, 6) is 1.01. The molecule has 1 fully saturated rings. The quantitative estimate of drug-likeness (QED) is 0.763. The van der Waals surface area contributed by atoms with Gasteiger partial charge >= 0.3 is 0 Å². The van der Waals surface area contributed by atoms with Gasteiger partial charge in [-0.05, 0) is 41.0 Å². The van der Waals surface area contributed by atoms with Crippen molar-refractivity contribution in [1.29, 1.82) is 0 Å². The summed E-state index contributed by atoms with van der Waals surface area (Å²) >= 11 is 0. The van der Waals surface area contributed by atoms with Gasteiger partial charge in [0.1, 0.15) is 0 Å². The van der Waals surface area contributed by atoms with E-state index in [1.54, 1.807) is 0 Å². The Bertz CT molecular complexity index is 692. The average Bonchev–Trinajstić information content (AvgIpc) is 2.79. The third kappa shape index (κ3) is 2.59. The number of fused-ring (bicyclic) bond motifs is 2. The monoisotopic (exact) mass is 303 g/mol. The van der Waals surface area contributed by atoms with Gasteiger partial charge in [0.2, 0.25) is 6.41 Å². The van der Waals surface area contributed by atoms with Crippen molar-refractivity contribution in [2.24, 2.45) is 5.92 Å². The van der Waals surface area contributed by atoms with E-state index < -0.39 is 0 Å². The molecular weight excluding hydrogens is 282 g/mol. The number of piperidine rings is 1. The van der Waals surface area contributed by atoms with E-state index in [1.807, 2.05) is 4.90 Å². The van der Waals surface area contributed by atoms with E-state index in [2.05, 4.69) is 60.7 Å². The maximum absolute atomic E-state index is 11.0. The summed E-state index contributed by atoms with van der Waals surface area (Å²) in [6.07, 6.45) is 7.63. The van der Waals surface area contributed by atoms with Crippen LogP contribution >= 0.6 is 0 Å². The van der Waals surface area contributed by atoms with E-state index in [4.69, 9.17) is 0 Å². The Hall–Kier alpha value is -2.35. The number of likely N-dealkylation sites (tertiary alicyclic amines) is 1. The Morgan fingerprint density at radius 2 is 1.35 bits per heavy atom. The van der Waals surface area contributed by atoms with Gasteiger partial charge in [0, 0.05) is 19.0 Å². The van der Waals surface area contributed by atoms with Crippen molar-refractivity contribution in [3.05, 3.63) is 70.8 Å². The summed E-state index contributed by atoms with van der Waals surface area (Å²) in [4.78, 5) is 12.9. The van der Waals surface area contributed by atoms with Crippen LogP contribution in [0.5, 0.6) is 0 Å². The second-order valence-electron chi connectivity index (χ2n) is 6.55. The third-order valence-corrected chi connectivity index (χ3v) is 5.30. The van der Waals surface area contributed by atoms with Crippen LogP contribution in [0.3, 0.4) is 0 Å². The van der Waals surface area contributed by atoms with Crippen molar-refractivity contribution >= 4 is 18.6 Å². The Balaban J connectivity index is 1.78. The fourth-order valence-corrected chi connectivity index (χ4v) is 4.10. The highest BCUT2D eigenvalue weighted by molar-refractivity contribution is 5.76. The van der Waals surface area contributed by atoms with E-state index in [9.17, 15) is 4.79 Å². The minimum Gasteiger partial charge on any atom is -0.345 e. The molecule has 0 aromatic heterocycles. The molecule has 116 valence electrons. The summed E-state index contributed by atoms with van der Waals surface area (Å²) in [6.45, 7) is 1.75. The predicted octanol–water partition coefficient (Wildman–Crippen LogP) is 4.17. The number of rotatable bonds is 2. The maximum Gasteiger partial charge on any atom is 0.209 e. The van der Waals surface area contributed by atoms with Crippen LogP contribution in [0.25, 0.3) is 12.2 Å². The van der Waals surface area contributed by atoms with E-state index in [0.717, 1.165) is 32.3 Å². The molecule has 0 N–H and O–H groups in total. The summed E-state index contributed by atoms with van der Waals surface area (Å²) in [5, 5.41) is 0. The van der Waals surface area contributed by atoms with Gasteiger partial charge < -0.3 is 4.90 Å². The molecule has 0 bridgehead atoms. The fraction of sp³-hybridized carbons (Fsp3) is 0.286. The Morgan fingerprint density at radius 1 is 0.826 bits per heavy atom. The topological polar surface area (TPSA) is 20.3 Å². The molecule has 2 aliphatic rings. The summed E-state index contributed by atoms with van der Waals surface area (Å²) in [6, 6.07) is 17.5. The number of carbonyl (C=O) groups is 1. The number of carbonyl (C=O) groups excluding carboxylic acids is 1. The van der Waals surface area contributed by atoms with Crippen LogP contribution < -0.4 is 0 Å². The van der Waals surface area contributed by atoms with E-state index in [0.29, 0.717) is 11.8 Å². The van der Waals surface area contributed by atoms with E-state index in [-0.39, 0.29) is 0 Å². The van der Waals surface area contributed by atoms with Crippen LogP contribution in [0.1, 0.15) is 41.0 Å². The first-order valence-electron chi connectivity index (χ1n) is 8.42. The molecule has 4 rings (SSSR count). The summed E-state index contributed by atoms with van der Waals surface area (Å²) in [7, 11) is 0. The number of hydrogen-bond acceptors (Lipinski definition) is 1.